The van der Waals surface area contributed by atoms with Crippen LogP contribution in [-0.2, 0) is 11.3 Å². The molecule has 0 saturated carbocycles. The number of methoxy groups -OCH3 is 1. The summed E-state index contributed by atoms with van der Waals surface area (Å²) in [6, 6.07) is 13.2. The molecule has 3 aromatic rings. The molecule has 9 nitrogen and oxygen atoms in total. The van der Waals surface area contributed by atoms with Crippen LogP contribution >= 0.6 is 0 Å². The van der Waals surface area contributed by atoms with Crippen molar-refractivity contribution in [3.05, 3.63) is 59.4 Å². The predicted octanol–water partition coefficient (Wildman–Crippen LogP) is 2.89. The van der Waals surface area contributed by atoms with Gasteiger partial charge in [-0.15, -0.1) is 0 Å². The lowest BCUT2D eigenvalue weighted by Gasteiger charge is -2.17. The van der Waals surface area contributed by atoms with Gasteiger partial charge in [-0.25, -0.2) is 0 Å². The molecule has 0 saturated heterocycles. The quantitative estimate of drug-likeness (QED) is 0.508. The largest absolute Gasteiger partial charge is 0.495 e. The second-order valence-electron chi connectivity index (χ2n) is 7.23. The molecule has 31 heavy (non-hydrogen) atoms. The Kier molecular flexibility index (Phi) is 6.99. The summed E-state index contributed by atoms with van der Waals surface area (Å²) in [4.78, 5) is 27.0. The Balaban J connectivity index is 1.65. The maximum atomic E-state index is 12.5. The molecule has 2 aromatic carbocycles. The number of nitrogens with zero attached hydrogens (tertiary/aromatic N) is 4. The molecule has 9 heteroatoms. The molecule has 0 aliphatic rings. The van der Waals surface area contributed by atoms with E-state index < -0.39 is 0 Å². The first kappa shape index (κ1) is 22.0. The summed E-state index contributed by atoms with van der Waals surface area (Å²) in [7, 11) is 3.40. The van der Waals surface area contributed by atoms with Gasteiger partial charge in [0.05, 0.1) is 25.9 Å². The third-order valence-electron chi connectivity index (χ3n) is 4.76. The average molecular weight is 422 g/mol. The summed E-state index contributed by atoms with van der Waals surface area (Å²) in [5, 5.41) is 6.05. The number of anilines is 4. The van der Waals surface area contributed by atoms with Crippen molar-refractivity contribution in [1.82, 2.24) is 19.9 Å². The van der Waals surface area contributed by atoms with E-state index in [2.05, 4.69) is 25.6 Å². The Morgan fingerprint density at radius 3 is 2.58 bits per heavy atom. The van der Waals surface area contributed by atoms with Crippen LogP contribution in [0.15, 0.2) is 42.5 Å². The first-order chi connectivity index (χ1) is 14.9. The fourth-order valence-electron chi connectivity index (χ4n) is 3.05. The van der Waals surface area contributed by atoms with E-state index >= 15 is 0 Å². The second-order valence-corrected chi connectivity index (χ2v) is 7.23. The minimum Gasteiger partial charge on any atom is -0.495 e. The Morgan fingerprint density at radius 1 is 1.06 bits per heavy atom. The maximum Gasteiger partial charge on any atom is 0.238 e. The topological polar surface area (TPSA) is 118 Å². The zero-order valence-corrected chi connectivity index (χ0v) is 18.1. The molecule has 0 unspecified atom stereocenters. The summed E-state index contributed by atoms with van der Waals surface area (Å²) >= 11 is 0. The number of hydrogen-bond donors (Lipinski definition) is 3. The Labute approximate surface area is 181 Å². The van der Waals surface area contributed by atoms with E-state index in [1.807, 2.05) is 68.3 Å². The smallest absolute Gasteiger partial charge is 0.238 e. The summed E-state index contributed by atoms with van der Waals surface area (Å²) in [5.74, 6) is 1.39. The van der Waals surface area contributed by atoms with Gasteiger partial charge in [0.2, 0.25) is 17.8 Å². The molecule has 0 bridgehead atoms. The third kappa shape index (κ3) is 5.89. The number of carbonyl (C=O) groups excluding carboxylic acids is 1. The van der Waals surface area contributed by atoms with Gasteiger partial charge >= 0.3 is 0 Å². The number of carbonyl (C=O) groups is 1. The second kappa shape index (κ2) is 9.86. The van der Waals surface area contributed by atoms with Gasteiger partial charge in [0, 0.05) is 5.69 Å². The average Bonchev–Trinajstić information content (AvgIpc) is 2.71. The maximum absolute atomic E-state index is 12.5. The van der Waals surface area contributed by atoms with Crippen LogP contribution in [-0.4, -0.2) is 46.5 Å². The molecule has 0 aliphatic carbocycles. The molecule has 3 rings (SSSR count). The molecule has 0 fully saturated rings. The SMILES string of the molecule is COc1ccccc1Nc1nc(N)nc(CN(C)CC(=O)Nc2cccc(C)c2C)n1. The normalized spacial score (nSPS) is 10.7. The van der Waals surface area contributed by atoms with Crippen molar-refractivity contribution < 1.29 is 9.53 Å². The van der Waals surface area contributed by atoms with Gasteiger partial charge in [-0.3, -0.25) is 9.69 Å². The monoisotopic (exact) mass is 421 g/mol. The molecular weight excluding hydrogens is 394 g/mol. The minimum absolute atomic E-state index is 0.0932. The van der Waals surface area contributed by atoms with Crippen LogP contribution in [0.3, 0.4) is 0 Å². The molecule has 162 valence electrons. The van der Waals surface area contributed by atoms with Crippen LogP contribution in [0.4, 0.5) is 23.3 Å². The molecule has 0 radical (unpaired) electrons. The van der Waals surface area contributed by atoms with Crippen molar-refractivity contribution >= 4 is 29.2 Å². The van der Waals surface area contributed by atoms with E-state index in [0.29, 0.717) is 29.8 Å². The number of aryl methyl sites for hydroxylation is 1. The minimum atomic E-state index is -0.120. The van der Waals surface area contributed by atoms with Crippen LogP contribution in [0, 0.1) is 13.8 Å². The number of nitrogen functional groups attached to an aromatic ring is 1. The summed E-state index contributed by atoms with van der Waals surface area (Å²) in [6.45, 7) is 4.50. The number of aromatic nitrogens is 3. The summed E-state index contributed by atoms with van der Waals surface area (Å²) in [6.07, 6.45) is 0. The Hall–Kier alpha value is -3.72. The van der Waals surface area contributed by atoms with E-state index in [0.717, 1.165) is 16.8 Å². The van der Waals surface area contributed by atoms with Crippen molar-refractivity contribution in [3.8, 4) is 5.75 Å². The van der Waals surface area contributed by atoms with E-state index in [-0.39, 0.29) is 18.4 Å². The number of nitrogens with one attached hydrogen (secondary N) is 2. The van der Waals surface area contributed by atoms with Crippen molar-refractivity contribution in [1.29, 1.82) is 0 Å². The van der Waals surface area contributed by atoms with Gasteiger partial charge in [0.15, 0.2) is 0 Å². The number of benzene rings is 2. The Bertz CT molecular complexity index is 1070. The molecule has 1 amide bonds. The molecule has 1 aromatic heterocycles. The number of rotatable bonds is 8. The number of ether oxygens (including phenoxy) is 1. The lowest BCUT2D eigenvalue weighted by atomic mass is 10.1. The lowest BCUT2D eigenvalue weighted by Crippen LogP contribution is -2.30. The van der Waals surface area contributed by atoms with Gasteiger partial charge in [0.25, 0.3) is 0 Å². The number of likely N-dealkylation sites (N-methyl/N-ethyl adjacent to an activating group) is 1. The summed E-state index contributed by atoms with van der Waals surface area (Å²) < 4.78 is 5.33. The van der Waals surface area contributed by atoms with Gasteiger partial charge in [-0.05, 0) is 50.2 Å². The van der Waals surface area contributed by atoms with Gasteiger partial charge in [-0.2, -0.15) is 15.0 Å². The zero-order chi connectivity index (χ0) is 22.4. The highest BCUT2D eigenvalue weighted by atomic mass is 16.5. The number of nitrogens with two attached hydrogens (primary N) is 1. The fourth-order valence-corrected chi connectivity index (χ4v) is 3.05. The number of hydrogen-bond acceptors (Lipinski definition) is 8. The lowest BCUT2D eigenvalue weighted by molar-refractivity contribution is -0.117. The highest BCUT2D eigenvalue weighted by Crippen LogP contribution is 2.25. The number of para-hydroxylation sites is 2. The van der Waals surface area contributed by atoms with E-state index in [1.165, 1.54) is 0 Å². The van der Waals surface area contributed by atoms with Crippen molar-refractivity contribution in [2.45, 2.75) is 20.4 Å². The van der Waals surface area contributed by atoms with Crippen LogP contribution in [0.25, 0.3) is 0 Å². The summed E-state index contributed by atoms with van der Waals surface area (Å²) in [5.41, 5.74) is 9.56. The third-order valence-corrected chi connectivity index (χ3v) is 4.76. The van der Waals surface area contributed by atoms with Crippen molar-refractivity contribution in [2.75, 3.05) is 37.1 Å². The van der Waals surface area contributed by atoms with Crippen LogP contribution < -0.4 is 21.1 Å². The van der Waals surface area contributed by atoms with E-state index in [1.54, 1.807) is 7.11 Å². The first-order valence-corrected chi connectivity index (χ1v) is 9.80. The molecule has 0 aliphatic heterocycles. The molecule has 0 spiro atoms. The van der Waals surface area contributed by atoms with Gasteiger partial charge in [-0.1, -0.05) is 24.3 Å². The van der Waals surface area contributed by atoms with Crippen molar-refractivity contribution in [2.24, 2.45) is 0 Å². The molecule has 0 atom stereocenters. The van der Waals surface area contributed by atoms with E-state index in [4.69, 9.17) is 10.5 Å². The van der Waals surface area contributed by atoms with Crippen LogP contribution in [0.2, 0.25) is 0 Å². The van der Waals surface area contributed by atoms with Gasteiger partial charge in [0.1, 0.15) is 11.6 Å². The predicted molar refractivity (Wildman–Crippen MR) is 121 cm³/mol. The van der Waals surface area contributed by atoms with Gasteiger partial charge < -0.3 is 21.1 Å². The highest BCUT2D eigenvalue weighted by Gasteiger charge is 2.13. The van der Waals surface area contributed by atoms with Crippen LogP contribution in [0.5, 0.6) is 5.75 Å². The molecule has 1 heterocycles. The van der Waals surface area contributed by atoms with E-state index in [9.17, 15) is 4.79 Å². The highest BCUT2D eigenvalue weighted by molar-refractivity contribution is 5.93. The molecule has 4 N–H and O–H groups in total. The van der Waals surface area contributed by atoms with Crippen molar-refractivity contribution in [3.63, 3.8) is 0 Å². The first-order valence-electron chi connectivity index (χ1n) is 9.80. The van der Waals surface area contributed by atoms with Crippen LogP contribution in [0.1, 0.15) is 17.0 Å². The fraction of sp³-hybridized carbons (Fsp3) is 0.273. The standard InChI is InChI=1S/C22H27N7O2/c1-14-8-7-10-16(15(14)2)24-20(30)13-29(3)12-19-26-21(23)28-22(27-19)25-17-9-5-6-11-18(17)31-4/h5-11H,12-13H2,1-4H3,(H,24,30)(H3,23,25,26,27,28). The molecular formula is C22H27N7O2. The zero-order valence-electron chi connectivity index (χ0n) is 18.1. The Morgan fingerprint density at radius 2 is 1.81 bits per heavy atom. The number of amides is 1.